The van der Waals surface area contributed by atoms with Crippen LogP contribution in [0.3, 0.4) is 0 Å². The van der Waals surface area contributed by atoms with E-state index in [1.807, 2.05) is 0 Å². The molecule has 0 aliphatic heterocycles. The molecule has 1 amide bonds. The van der Waals surface area contributed by atoms with E-state index in [2.05, 4.69) is 5.32 Å². The first kappa shape index (κ1) is 17.2. The average Bonchev–Trinajstić information content (AvgIpc) is 3.04. The highest BCUT2D eigenvalue weighted by molar-refractivity contribution is 6.30. The molecule has 2 aliphatic carbocycles. The minimum Gasteiger partial charge on any atom is -0.466 e. The van der Waals surface area contributed by atoms with Crippen LogP contribution in [0, 0.1) is 17.8 Å². The van der Waals surface area contributed by atoms with Gasteiger partial charge in [0.1, 0.15) is 0 Å². The van der Waals surface area contributed by atoms with Gasteiger partial charge in [0.25, 0.3) is 5.91 Å². The molecule has 0 spiro atoms. The highest BCUT2D eigenvalue weighted by Crippen LogP contribution is 2.59. The van der Waals surface area contributed by atoms with Gasteiger partial charge in [-0.15, -0.1) is 0 Å². The van der Waals surface area contributed by atoms with E-state index in [-0.39, 0.29) is 36.4 Å². The second kappa shape index (κ2) is 7.11. The van der Waals surface area contributed by atoms with Crippen molar-refractivity contribution in [3.05, 3.63) is 34.9 Å². The Morgan fingerprint density at radius 2 is 1.92 bits per heavy atom. The molecule has 0 radical (unpaired) electrons. The van der Waals surface area contributed by atoms with E-state index in [9.17, 15) is 14.7 Å². The van der Waals surface area contributed by atoms with Crippen molar-refractivity contribution in [3.63, 3.8) is 0 Å². The molecule has 3 rings (SSSR count). The van der Waals surface area contributed by atoms with Gasteiger partial charge in [0, 0.05) is 16.6 Å². The maximum atomic E-state index is 12.5. The third-order valence-corrected chi connectivity index (χ3v) is 5.32. The Kier molecular flexibility index (Phi) is 5.11. The normalized spacial score (nSPS) is 28.8. The molecule has 24 heavy (non-hydrogen) atoms. The topological polar surface area (TPSA) is 75.6 Å². The summed E-state index contributed by atoms with van der Waals surface area (Å²) in [6.07, 6.45) is 1.43. The van der Waals surface area contributed by atoms with Crippen LogP contribution in [0.15, 0.2) is 24.3 Å². The summed E-state index contributed by atoms with van der Waals surface area (Å²) in [4.78, 5) is 24.4. The van der Waals surface area contributed by atoms with Gasteiger partial charge in [0.15, 0.2) is 0 Å². The standard InChI is InChI=1S/C18H22ClNO4/c1-2-24-16(22)9-15(17-13-7-12(21)8-14(13)17)20-18(23)10-3-5-11(19)6-4-10/h3-6,12-15,17,21H,2,7-9H2,1H3,(H,20,23)/t12?,13-,14+,15?,17?. The quantitative estimate of drug-likeness (QED) is 0.772. The number of hydrogen-bond acceptors (Lipinski definition) is 4. The van der Waals surface area contributed by atoms with Crippen LogP contribution in [0.5, 0.6) is 0 Å². The van der Waals surface area contributed by atoms with Crippen LogP contribution in [0.1, 0.15) is 36.5 Å². The molecule has 1 aromatic carbocycles. The minimum atomic E-state index is -0.301. The minimum absolute atomic E-state index is 0.168. The number of nitrogens with one attached hydrogen (secondary N) is 1. The van der Waals surface area contributed by atoms with Crippen molar-refractivity contribution < 1.29 is 19.4 Å². The van der Waals surface area contributed by atoms with Gasteiger partial charge >= 0.3 is 5.97 Å². The fraction of sp³-hybridized carbons (Fsp3) is 0.556. The maximum absolute atomic E-state index is 12.5. The van der Waals surface area contributed by atoms with Crippen LogP contribution in [-0.4, -0.2) is 35.7 Å². The molecular weight excluding hydrogens is 330 g/mol. The van der Waals surface area contributed by atoms with E-state index in [0.717, 1.165) is 12.8 Å². The number of amides is 1. The molecule has 2 fully saturated rings. The molecule has 6 heteroatoms. The van der Waals surface area contributed by atoms with Crippen LogP contribution < -0.4 is 5.32 Å². The van der Waals surface area contributed by atoms with Gasteiger partial charge in [-0.05, 0) is 61.8 Å². The molecule has 2 aliphatic rings. The molecule has 0 heterocycles. The first-order valence-corrected chi connectivity index (χ1v) is 8.77. The van der Waals surface area contributed by atoms with Gasteiger partial charge in [-0.3, -0.25) is 9.59 Å². The Hall–Kier alpha value is -1.59. The zero-order chi connectivity index (χ0) is 17.3. The monoisotopic (exact) mass is 351 g/mol. The summed E-state index contributed by atoms with van der Waals surface area (Å²) in [6, 6.07) is 6.40. The van der Waals surface area contributed by atoms with Crippen molar-refractivity contribution in [2.24, 2.45) is 17.8 Å². The van der Waals surface area contributed by atoms with Gasteiger partial charge in [-0.1, -0.05) is 11.6 Å². The third kappa shape index (κ3) is 3.73. The molecule has 2 N–H and O–H groups in total. The molecule has 5 nitrogen and oxygen atoms in total. The van der Waals surface area contributed by atoms with Gasteiger partial charge < -0.3 is 15.2 Å². The molecule has 0 bridgehead atoms. The molecule has 1 aromatic rings. The first-order valence-electron chi connectivity index (χ1n) is 8.39. The van der Waals surface area contributed by atoms with Crippen molar-refractivity contribution >= 4 is 23.5 Å². The smallest absolute Gasteiger partial charge is 0.307 e. The van der Waals surface area contributed by atoms with Crippen LogP contribution >= 0.6 is 11.6 Å². The second-order valence-corrected chi connectivity index (χ2v) is 7.06. The van der Waals surface area contributed by atoms with E-state index < -0.39 is 0 Å². The lowest BCUT2D eigenvalue weighted by Gasteiger charge is -2.21. The number of benzene rings is 1. The fourth-order valence-corrected chi connectivity index (χ4v) is 4.12. The summed E-state index contributed by atoms with van der Waals surface area (Å²) >= 11 is 5.85. The highest BCUT2D eigenvalue weighted by Gasteiger charge is 2.59. The zero-order valence-corrected chi connectivity index (χ0v) is 14.3. The molecule has 5 atom stereocenters. The summed E-state index contributed by atoms with van der Waals surface area (Å²) in [7, 11) is 0. The summed E-state index contributed by atoms with van der Waals surface area (Å²) in [6.45, 7) is 2.09. The summed E-state index contributed by atoms with van der Waals surface area (Å²) in [5, 5.41) is 13.2. The number of carbonyl (C=O) groups excluding carboxylic acids is 2. The van der Waals surface area contributed by atoms with E-state index in [0.29, 0.717) is 29.0 Å². The number of aliphatic hydroxyl groups excluding tert-OH is 1. The van der Waals surface area contributed by atoms with Crippen molar-refractivity contribution in [1.82, 2.24) is 5.32 Å². The number of aliphatic hydroxyl groups is 1. The number of halogens is 1. The number of fused-ring (bicyclic) bond motifs is 1. The third-order valence-electron chi connectivity index (χ3n) is 5.07. The van der Waals surface area contributed by atoms with Gasteiger partial charge in [-0.25, -0.2) is 0 Å². The van der Waals surface area contributed by atoms with E-state index in [1.54, 1.807) is 31.2 Å². The molecule has 130 valence electrons. The van der Waals surface area contributed by atoms with E-state index >= 15 is 0 Å². The molecule has 0 aromatic heterocycles. The highest BCUT2D eigenvalue weighted by atomic mass is 35.5. The Morgan fingerprint density at radius 3 is 2.50 bits per heavy atom. The molecule has 0 saturated heterocycles. The van der Waals surface area contributed by atoms with Crippen LogP contribution in [-0.2, 0) is 9.53 Å². The molecular formula is C18H22ClNO4. The fourth-order valence-electron chi connectivity index (χ4n) is 4.00. The number of carbonyl (C=O) groups is 2. The Labute approximate surface area is 146 Å². The lowest BCUT2D eigenvalue weighted by Crippen LogP contribution is -2.40. The molecule has 3 unspecified atom stereocenters. The zero-order valence-electron chi connectivity index (χ0n) is 13.6. The van der Waals surface area contributed by atoms with E-state index in [4.69, 9.17) is 16.3 Å². The van der Waals surface area contributed by atoms with Crippen LogP contribution in [0.25, 0.3) is 0 Å². The summed E-state index contributed by atoms with van der Waals surface area (Å²) < 4.78 is 5.04. The van der Waals surface area contributed by atoms with Crippen LogP contribution in [0.2, 0.25) is 5.02 Å². The van der Waals surface area contributed by atoms with Crippen molar-refractivity contribution in [3.8, 4) is 0 Å². The Morgan fingerprint density at radius 1 is 1.29 bits per heavy atom. The van der Waals surface area contributed by atoms with Crippen molar-refractivity contribution in [1.29, 1.82) is 0 Å². The number of hydrogen-bond donors (Lipinski definition) is 2. The van der Waals surface area contributed by atoms with Gasteiger partial charge in [0.2, 0.25) is 0 Å². The predicted molar refractivity (Wildman–Crippen MR) is 89.7 cm³/mol. The maximum Gasteiger partial charge on any atom is 0.307 e. The van der Waals surface area contributed by atoms with Gasteiger partial charge in [0.05, 0.1) is 19.1 Å². The second-order valence-electron chi connectivity index (χ2n) is 6.63. The van der Waals surface area contributed by atoms with Gasteiger partial charge in [-0.2, -0.15) is 0 Å². The lowest BCUT2D eigenvalue weighted by molar-refractivity contribution is -0.143. The van der Waals surface area contributed by atoms with Crippen molar-refractivity contribution in [2.75, 3.05) is 6.61 Å². The Bertz CT molecular complexity index is 606. The average molecular weight is 352 g/mol. The Balaban J connectivity index is 1.67. The SMILES string of the molecule is CCOC(=O)CC(NC(=O)c1ccc(Cl)cc1)C1[C@H]2CC(O)C[C@@H]12. The number of ether oxygens (including phenoxy) is 1. The van der Waals surface area contributed by atoms with Crippen molar-refractivity contribution in [2.45, 2.75) is 38.3 Å². The number of esters is 1. The molecule has 2 saturated carbocycles. The predicted octanol–water partition coefficient (Wildman–Crippen LogP) is 2.41. The number of rotatable bonds is 6. The van der Waals surface area contributed by atoms with E-state index in [1.165, 1.54) is 0 Å². The summed E-state index contributed by atoms with van der Waals surface area (Å²) in [5.41, 5.74) is 0.513. The first-order chi connectivity index (χ1) is 11.5. The lowest BCUT2D eigenvalue weighted by atomic mass is 9.99. The summed E-state index contributed by atoms with van der Waals surface area (Å²) in [5.74, 6) is 0.514. The largest absolute Gasteiger partial charge is 0.466 e. The van der Waals surface area contributed by atoms with Crippen LogP contribution in [0.4, 0.5) is 0 Å².